The van der Waals surface area contributed by atoms with Crippen molar-refractivity contribution in [2.45, 2.75) is 11.7 Å². The molecule has 0 radical (unpaired) electrons. The number of hydrogen-bond acceptors (Lipinski definition) is 4. The van der Waals surface area contributed by atoms with Gasteiger partial charge < -0.3 is 4.74 Å². The van der Waals surface area contributed by atoms with Crippen molar-refractivity contribution in [2.75, 3.05) is 12.0 Å². The molecule has 25 heavy (non-hydrogen) atoms. The fraction of sp³-hybridized carbons (Fsp3) is 0.176. The molecule has 0 bridgehead atoms. The van der Waals surface area contributed by atoms with Gasteiger partial charge in [0, 0.05) is 10.0 Å². The fourth-order valence-electron chi connectivity index (χ4n) is 2.60. The summed E-state index contributed by atoms with van der Waals surface area (Å²) in [7, 11) is 1.49. The number of nitrogens with zero attached hydrogens (tertiary/aromatic N) is 1. The lowest BCUT2D eigenvalue weighted by Crippen LogP contribution is -2.32. The topological polar surface area (TPSA) is 46.6 Å². The SMILES string of the molecule is COc1c(Cl)cc(Cl)cc1C[C@@H]1SC(=O)N(c2ccc(Cl)cc2)C1=O. The Morgan fingerprint density at radius 1 is 1.08 bits per heavy atom. The van der Waals surface area contributed by atoms with E-state index in [1.54, 1.807) is 36.4 Å². The van der Waals surface area contributed by atoms with E-state index in [1.165, 1.54) is 7.11 Å². The quantitative estimate of drug-likeness (QED) is 0.663. The molecule has 0 spiro atoms. The first-order valence-corrected chi connectivity index (χ1v) is 9.24. The average Bonchev–Trinajstić information content (AvgIpc) is 2.82. The van der Waals surface area contributed by atoms with Gasteiger partial charge in [0.2, 0.25) is 5.91 Å². The van der Waals surface area contributed by atoms with Crippen LogP contribution in [0, 0.1) is 0 Å². The van der Waals surface area contributed by atoms with E-state index in [-0.39, 0.29) is 17.6 Å². The summed E-state index contributed by atoms with van der Waals surface area (Å²) < 4.78 is 5.30. The molecular weight excluding hydrogens is 405 g/mol. The second-order valence-corrected chi connectivity index (χ2v) is 7.74. The van der Waals surface area contributed by atoms with E-state index in [1.807, 2.05) is 0 Å². The van der Waals surface area contributed by atoms with E-state index in [2.05, 4.69) is 0 Å². The van der Waals surface area contributed by atoms with Crippen LogP contribution in [0.25, 0.3) is 0 Å². The van der Waals surface area contributed by atoms with Gasteiger partial charge >= 0.3 is 0 Å². The first-order valence-electron chi connectivity index (χ1n) is 7.22. The third-order valence-corrected chi connectivity index (χ3v) is 5.49. The number of benzene rings is 2. The van der Waals surface area contributed by atoms with Gasteiger partial charge in [-0.05, 0) is 48.4 Å². The van der Waals surface area contributed by atoms with Gasteiger partial charge in [-0.2, -0.15) is 0 Å². The van der Waals surface area contributed by atoms with Gasteiger partial charge in [-0.25, -0.2) is 4.90 Å². The van der Waals surface area contributed by atoms with Crippen LogP contribution < -0.4 is 9.64 Å². The minimum absolute atomic E-state index is 0.281. The molecule has 0 saturated carbocycles. The number of hydrogen-bond donors (Lipinski definition) is 0. The lowest BCUT2D eigenvalue weighted by Gasteiger charge is -2.15. The Labute approximate surface area is 164 Å². The van der Waals surface area contributed by atoms with Crippen molar-refractivity contribution in [3.05, 3.63) is 57.0 Å². The number of methoxy groups -OCH3 is 1. The molecule has 130 valence electrons. The minimum atomic E-state index is -0.577. The van der Waals surface area contributed by atoms with Crippen molar-refractivity contribution in [1.29, 1.82) is 0 Å². The van der Waals surface area contributed by atoms with E-state index in [0.29, 0.717) is 32.1 Å². The lowest BCUT2D eigenvalue weighted by atomic mass is 10.1. The molecule has 1 aliphatic rings. The molecule has 0 aliphatic carbocycles. The van der Waals surface area contributed by atoms with Crippen LogP contribution in [0.4, 0.5) is 10.5 Å². The number of amides is 2. The van der Waals surface area contributed by atoms with Gasteiger partial charge in [0.25, 0.3) is 5.24 Å². The molecule has 0 aromatic heterocycles. The van der Waals surface area contributed by atoms with E-state index in [9.17, 15) is 9.59 Å². The zero-order valence-electron chi connectivity index (χ0n) is 13.0. The molecule has 3 rings (SSSR count). The highest BCUT2D eigenvalue weighted by molar-refractivity contribution is 8.15. The Bertz CT molecular complexity index is 842. The van der Waals surface area contributed by atoms with Crippen molar-refractivity contribution in [3.8, 4) is 5.75 Å². The van der Waals surface area contributed by atoms with Crippen molar-refractivity contribution >= 4 is 63.4 Å². The maximum Gasteiger partial charge on any atom is 0.293 e. The number of carbonyl (C=O) groups excluding carboxylic acids is 2. The van der Waals surface area contributed by atoms with Gasteiger partial charge in [-0.3, -0.25) is 9.59 Å². The van der Waals surface area contributed by atoms with Gasteiger partial charge in [-0.15, -0.1) is 0 Å². The van der Waals surface area contributed by atoms with Crippen LogP contribution >= 0.6 is 46.6 Å². The maximum absolute atomic E-state index is 12.7. The number of rotatable bonds is 4. The highest BCUT2D eigenvalue weighted by Gasteiger charge is 2.41. The fourth-order valence-corrected chi connectivity index (χ4v) is 4.36. The summed E-state index contributed by atoms with van der Waals surface area (Å²) in [5.41, 5.74) is 1.17. The van der Waals surface area contributed by atoms with Crippen LogP contribution in [0.5, 0.6) is 5.75 Å². The van der Waals surface area contributed by atoms with Crippen LogP contribution in [0.15, 0.2) is 36.4 Å². The predicted octanol–water partition coefficient (Wildman–Crippen LogP) is 5.47. The van der Waals surface area contributed by atoms with Gasteiger partial charge in [-0.1, -0.05) is 46.6 Å². The first-order chi connectivity index (χ1) is 11.9. The smallest absolute Gasteiger partial charge is 0.293 e. The number of halogens is 3. The van der Waals surface area contributed by atoms with Crippen molar-refractivity contribution in [3.63, 3.8) is 0 Å². The number of carbonyl (C=O) groups is 2. The molecule has 0 unspecified atom stereocenters. The Balaban J connectivity index is 1.87. The molecule has 1 fully saturated rings. The van der Waals surface area contributed by atoms with Crippen molar-refractivity contribution in [1.82, 2.24) is 0 Å². The van der Waals surface area contributed by atoms with Crippen LogP contribution in [0.3, 0.4) is 0 Å². The molecule has 2 aromatic rings. The molecule has 2 amide bonds. The molecule has 8 heteroatoms. The number of thioether (sulfide) groups is 1. The lowest BCUT2D eigenvalue weighted by molar-refractivity contribution is -0.117. The normalized spacial score (nSPS) is 17.3. The summed E-state index contributed by atoms with van der Waals surface area (Å²) in [5.74, 6) is 0.160. The summed E-state index contributed by atoms with van der Waals surface area (Å²) in [6.45, 7) is 0. The third kappa shape index (κ3) is 3.75. The summed E-state index contributed by atoms with van der Waals surface area (Å²) in [6.07, 6.45) is 0.281. The van der Waals surface area contributed by atoms with Crippen molar-refractivity contribution < 1.29 is 14.3 Å². The van der Waals surface area contributed by atoms with Gasteiger partial charge in [0.1, 0.15) is 5.75 Å². The van der Waals surface area contributed by atoms with E-state index >= 15 is 0 Å². The molecule has 1 saturated heterocycles. The maximum atomic E-state index is 12.7. The third-order valence-electron chi connectivity index (χ3n) is 3.70. The molecule has 1 aliphatic heterocycles. The summed E-state index contributed by atoms with van der Waals surface area (Å²) >= 11 is 19.0. The van der Waals surface area contributed by atoms with Crippen LogP contribution in [-0.4, -0.2) is 23.5 Å². The average molecular weight is 417 g/mol. The van der Waals surface area contributed by atoms with E-state index < -0.39 is 5.25 Å². The van der Waals surface area contributed by atoms with Crippen LogP contribution in [0.1, 0.15) is 5.56 Å². The molecule has 1 atom stereocenters. The monoisotopic (exact) mass is 415 g/mol. The van der Waals surface area contributed by atoms with Crippen molar-refractivity contribution in [2.24, 2.45) is 0 Å². The zero-order chi connectivity index (χ0) is 18.1. The second-order valence-electron chi connectivity index (χ2n) is 5.31. The van der Waals surface area contributed by atoms with Crippen LogP contribution in [0.2, 0.25) is 15.1 Å². The van der Waals surface area contributed by atoms with E-state index in [4.69, 9.17) is 39.5 Å². The predicted molar refractivity (Wildman–Crippen MR) is 102 cm³/mol. The Hall–Kier alpha value is -1.40. The minimum Gasteiger partial charge on any atom is -0.495 e. The Morgan fingerprint density at radius 3 is 2.40 bits per heavy atom. The van der Waals surface area contributed by atoms with Gasteiger partial charge in [0.05, 0.1) is 23.1 Å². The molecule has 1 heterocycles. The molecule has 4 nitrogen and oxygen atoms in total. The highest BCUT2D eigenvalue weighted by Crippen LogP contribution is 2.38. The molecular formula is C17H12Cl3NO3S. The zero-order valence-corrected chi connectivity index (χ0v) is 16.0. The first kappa shape index (κ1) is 18.4. The second kappa shape index (κ2) is 7.46. The summed E-state index contributed by atoms with van der Waals surface area (Å²) in [4.78, 5) is 26.2. The Morgan fingerprint density at radius 2 is 1.76 bits per heavy atom. The van der Waals surface area contributed by atoms with Gasteiger partial charge in [0.15, 0.2) is 0 Å². The number of anilines is 1. The summed E-state index contributed by atoms with van der Waals surface area (Å²) in [6, 6.07) is 9.80. The van der Waals surface area contributed by atoms with Crippen LogP contribution in [-0.2, 0) is 11.2 Å². The number of ether oxygens (including phenoxy) is 1. The largest absolute Gasteiger partial charge is 0.495 e. The van der Waals surface area contributed by atoms with E-state index in [0.717, 1.165) is 16.7 Å². The standard InChI is InChI=1S/C17H12Cl3NO3S/c1-24-15-9(6-11(19)8-13(15)20)7-14-16(22)21(17(23)25-14)12-4-2-10(18)3-5-12/h2-6,8,14H,7H2,1H3/t14-/m0/s1. The Kier molecular flexibility index (Phi) is 5.49. The highest BCUT2D eigenvalue weighted by atomic mass is 35.5. The summed E-state index contributed by atoms with van der Waals surface area (Å²) in [5, 5.41) is 0.430. The number of imide groups is 1. The molecule has 0 N–H and O–H groups in total. The molecule has 2 aromatic carbocycles.